The molecule has 5 nitrogen and oxygen atoms in total. The molecular weight excluding hydrogens is 435 g/mol. The Morgan fingerprint density at radius 3 is 2.55 bits per heavy atom. The lowest BCUT2D eigenvalue weighted by Crippen LogP contribution is -2.33. The van der Waals surface area contributed by atoms with Crippen LogP contribution in [0.15, 0.2) is 35.1 Å². The van der Waals surface area contributed by atoms with Gasteiger partial charge in [-0.2, -0.15) is 0 Å². The number of pyridine rings is 1. The number of rotatable bonds is 9. The average molecular weight is 465 g/mol. The van der Waals surface area contributed by atoms with Crippen molar-refractivity contribution in [3.63, 3.8) is 0 Å². The van der Waals surface area contributed by atoms with Crippen molar-refractivity contribution in [1.29, 1.82) is 0 Å². The SMILES string of the molecule is CCC[C@H]1CCCN1CCc1c(Cl)cc(Cl)c(=O)n1CCc1ccc(C(=O)OC)cc1. The number of hydrogen-bond donors (Lipinski definition) is 0. The number of likely N-dealkylation sites (tertiary alicyclic amines) is 1. The van der Waals surface area contributed by atoms with E-state index < -0.39 is 0 Å². The van der Waals surface area contributed by atoms with Gasteiger partial charge in [-0.1, -0.05) is 48.7 Å². The number of aromatic nitrogens is 1. The minimum atomic E-state index is -0.366. The average Bonchev–Trinajstić information content (AvgIpc) is 3.21. The van der Waals surface area contributed by atoms with Gasteiger partial charge in [0, 0.05) is 31.2 Å². The van der Waals surface area contributed by atoms with Gasteiger partial charge in [0.15, 0.2) is 0 Å². The molecule has 0 N–H and O–H groups in total. The number of ether oxygens (including phenoxy) is 1. The molecule has 1 aromatic heterocycles. The molecule has 1 saturated heterocycles. The van der Waals surface area contributed by atoms with E-state index in [0.717, 1.165) is 24.3 Å². The summed E-state index contributed by atoms with van der Waals surface area (Å²) >= 11 is 12.7. The summed E-state index contributed by atoms with van der Waals surface area (Å²) in [5, 5.41) is 0.677. The first kappa shape index (κ1) is 23.8. The first-order valence-electron chi connectivity index (χ1n) is 10.9. The second-order valence-electron chi connectivity index (χ2n) is 8.05. The van der Waals surface area contributed by atoms with Crippen LogP contribution in [-0.2, 0) is 24.1 Å². The lowest BCUT2D eigenvalue weighted by atomic mass is 10.1. The van der Waals surface area contributed by atoms with E-state index in [-0.39, 0.29) is 16.6 Å². The van der Waals surface area contributed by atoms with Crippen LogP contribution in [0.1, 0.15) is 54.2 Å². The highest BCUT2D eigenvalue weighted by atomic mass is 35.5. The molecule has 2 aromatic rings. The Hall–Kier alpha value is -1.82. The number of carbonyl (C=O) groups excluding carboxylic acids is 1. The summed E-state index contributed by atoms with van der Waals surface area (Å²) in [5.41, 5.74) is 2.15. The van der Waals surface area contributed by atoms with Crippen molar-refractivity contribution in [2.75, 3.05) is 20.2 Å². The number of carbonyl (C=O) groups is 1. The molecule has 0 spiro atoms. The third kappa shape index (κ3) is 5.91. The summed E-state index contributed by atoms with van der Waals surface area (Å²) < 4.78 is 6.45. The number of aryl methyl sites for hydroxylation is 1. The summed E-state index contributed by atoms with van der Waals surface area (Å²) in [7, 11) is 1.36. The zero-order chi connectivity index (χ0) is 22.4. The van der Waals surface area contributed by atoms with Crippen LogP contribution in [-0.4, -0.2) is 41.7 Å². The highest BCUT2D eigenvalue weighted by Gasteiger charge is 2.24. The largest absolute Gasteiger partial charge is 0.465 e. The molecule has 31 heavy (non-hydrogen) atoms. The summed E-state index contributed by atoms with van der Waals surface area (Å²) in [6.07, 6.45) is 6.22. The molecule has 0 saturated carbocycles. The van der Waals surface area contributed by atoms with Crippen LogP contribution in [0.4, 0.5) is 0 Å². The Labute approximate surface area is 193 Å². The zero-order valence-electron chi connectivity index (χ0n) is 18.2. The van der Waals surface area contributed by atoms with Crippen LogP contribution >= 0.6 is 23.2 Å². The van der Waals surface area contributed by atoms with Gasteiger partial charge >= 0.3 is 5.97 Å². The Morgan fingerprint density at radius 1 is 1.13 bits per heavy atom. The Kier molecular flexibility index (Phi) is 8.58. The molecular formula is C24H30Cl2N2O3. The minimum Gasteiger partial charge on any atom is -0.465 e. The topological polar surface area (TPSA) is 51.5 Å². The summed E-state index contributed by atoms with van der Waals surface area (Å²) in [4.78, 5) is 26.9. The molecule has 7 heteroatoms. The highest BCUT2D eigenvalue weighted by molar-refractivity contribution is 6.34. The van der Waals surface area contributed by atoms with Gasteiger partial charge in [-0.25, -0.2) is 4.79 Å². The minimum absolute atomic E-state index is 0.139. The first-order valence-corrected chi connectivity index (χ1v) is 11.7. The van der Waals surface area contributed by atoms with Gasteiger partial charge in [0.2, 0.25) is 0 Å². The maximum atomic E-state index is 12.8. The van der Waals surface area contributed by atoms with Gasteiger partial charge < -0.3 is 14.2 Å². The molecule has 0 unspecified atom stereocenters. The molecule has 1 atom stereocenters. The van der Waals surface area contributed by atoms with Gasteiger partial charge in [0.05, 0.1) is 17.7 Å². The summed E-state index contributed by atoms with van der Waals surface area (Å²) in [5.74, 6) is -0.366. The van der Waals surface area contributed by atoms with Gasteiger partial charge in [-0.05, 0) is 56.0 Å². The van der Waals surface area contributed by atoms with Crippen molar-refractivity contribution < 1.29 is 9.53 Å². The fraction of sp³-hybridized carbons (Fsp3) is 0.500. The number of esters is 1. The quantitative estimate of drug-likeness (QED) is 0.490. The van der Waals surface area contributed by atoms with E-state index >= 15 is 0 Å². The number of nitrogens with zero attached hydrogens (tertiary/aromatic N) is 2. The number of hydrogen-bond acceptors (Lipinski definition) is 4. The van der Waals surface area contributed by atoms with Crippen molar-refractivity contribution in [2.24, 2.45) is 0 Å². The van der Waals surface area contributed by atoms with Crippen molar-refractivity contribution in [3.8, 4) is 0 Å². The monoisotopic (exact) mass is 464 g/mol. The maximum Gasteiger partial charge on any atom is 0.337 e. The van der Waals surface area contributed by atoms with E-state index in [1.807, 2.05) is 12.1 Å². The molecule has 0 bridgehead atoms. The molecule has 0 amide bonds. The predicted octanol–water partition coefficient (Wildman–Crippen LogP) is 4.99. The van der Waals surface area contributed by atoms with E-state index in [0.29, 0.717) is 36.0 Å². The maximum absolute atomic E-state index is 12.8. The normalized spacial score (nSPS) is 16.6. The van der Waals surface area contributed by atoms with Crippen LogP contribution in [0.5, 0.6) is 0 Å². The number of halogens is 2. The van der Waals surface area contributed by atoms with Gasteiger partial charge in [0.25, 0.3) is 5.56 Å². The Morgan fingerprint density at radius 2 is 1.87 bits per heavy atom. The van der Waals surface area contributed by atoms with E-state index in [1.165, 1.54) is 32.8 Å². The molecule has 3 rings (SSSR count). The van der Waals surface area contributed by atoms with E-state index in [4.69, 9.17) is 27.9 Å². The standard InChI is InChI=1S/C24H30Cl2N2O3/c1-3-5-19-6-4-13-27(19)14-12-22-20(25)16-21(26)23(29)28(22)15-11-17-7-9-18(10-8-17)24(30)31-2/h7-10,16,19H,3-6,11-15H2,1-2H3/t19-/m0/s1. The van der Waals surface area contributed by atoms with Gasteiger partial charge in [-0.15, -0.1) is 0 Å². The lowest BCUT2D eigenvalue weighted by Gasteiger charge is -2.25. The third-order valence-electron chi connectivity index (χ3n) is 6.06. The Balaban J connectivity index is 1.75. The van der Waals surface area contributed by atoms with Crippen molar-refractivity contribution in [3.05, 3.63) is 67.6 Å². The van der Waals surface area contributed by atoms with Crippen LogP contribution in [0, 0.1) is 0 Å². The van der Waals surface area contributed by atoms with E-state index in [1.54, 1.807) is 22.8 Å². The molecule has 2 heterocycles. The van der Waals surface area contributed by atoms with Crippen molar-refractivity contribution >= 4 is 29.2 Å². The first-order chi connectivity index (χ1) is 14.9. The molecule has 168 valence electrons. The smallest absolute Gasteiger partial charge is 0.337 e. The zero-order valence-corrected chi connectivity index (χ0v) is 19.7. The summed E-state index contributed by atoms with van der Waals surface area (Å²) in [6.45, 7) is 4.69. The second kappa shape index (κ2) is 11.2. The summed E-state index contributed by atoms with van der Waals surface area (Å²) in [6, 6.07) is 9.42. The highest BCUT2D eigenvalue weighted by Crippen LogP contribution is 2.24. The van der Waals surface area contributed by atoms with Crippen molar-refractivity contribution in [1.82, 2.24) is 9.47 Å². The molecule has 1 fully saturated rings. The number of methoxy groups -OCH3 is 1. The van der Waals surface area contributed by atoms with E-state index in [2.05, 4.69) is 11.8 Å². The van der Waals surface area contributed by atoms with Gasteiger partial charge in [0.1, 0.15) is 5.02 Å². The van der Waals surface area contributed by atoms with E-state index in [9.17, 15) is 9.59 Å². The lowest BCUT2D eigenvalue weighted by molar-refractivity contribution is 0.0600. The molecule has 1 aliphatic heterocycles. The predicted molar refractivity (Wildman–Crippen MR) is 125 cm³/mol. The van der Waals surface area contributed by atoms with Crippen LogP contribution < -0.4 is 5.56 Å². The van der Waals surface area contributed by atoms with Crippen LogP contribution in [0.25, 0.3) is 0 Å². The van der Waals surface area contributed by atoms with Gasteiger partial charge in [-0.3, -0.25) is 4.79 Å². The van der Waals surface area contributed by atoms with Crippen LogP contribution in [0.2, 0.25) is 10.0 Å². The van der Waals surface area contributed by atoms with Crippen molar-refractivity contribution in [2.45, 2.75) is 58.0 Å². The molecule has 0 aliphatic carbocycles. The fourth-order valence-corrected chi connectivity index (χ4v) is 4.97. The second-order valence-corrected chi connectivity index (χ2v) is 8.87. The molecule has 0 radical (unpaired) electrons. The molecule has 1 aliphatic rings. The third-order valence-corrected chi connectivity index (χ3v) is 6.66. The fourth-order valence-electron chi connectivity index (χ4n) is 4.39. The van der Waals surface area contributed by atoms with Crippen LogP contribution in [0.3, 0.4) is 0 Å². The molecule has 1 aromatic carbocycles. The Bertz CT molecular complexity index is 957. The number of benzene rings is 1.